The Labute approximate surface area is 244 Å². The fraction of sp³-hybridized carbons (Fsp3) is 0. The maximum Gasteiger partial charge on any atom is 0.278 e. The van der Waals surface area contributed by atoms with Gasteiger partial charge in [-0.25, -0.2) is 0 Å². The van der Waals surface area contributed by atoms with E-state index in [2.05, 4.69) is 146 Å². The van der Waals surface area contributed by atoms with E-state index in [0.717, 1.165) is 26.9 Å². The molecule has 0 aliphatic carbocycles. The number of nitrogens with two attached hydrogens (primary N) is 2. The summed E-state index contributed by atoms with van der Waals surface area (Å²) in [4.78, 5) is 0. The predicted molar refractivity (Wildman–Crippen MR) is 178 cm³/mol. The van der Waals surface area contributed by atoms with Crippen molar-refractivity contribution in [2.45, 2.75) is 0 Å². The minimum absolute atomic E-state index is 0.722. The van der Waals surface area contributed by atoms with Crippen molar-refractivity contribution in [3.05, 3.63) is 170 Å². The van der Waals surface area contributed by atoms with Crippen molar-refractivity contribution in [1.82, 2.24) is 0 Å². The van der Waals surface area contributed by atoms with Crippen LogP contribution in [0.5, 0.6) is 0 Å². The summed E-state index contributed by atoms with van der Waals surface area (Å²) in [5.74, 6) is 0. The summed E-state index contributed by atoms with van der Waals surface area (Å²) < 4.78 is 8.22. The molecule has 0 fully saturated rings. The highest BCUT2D eigenvalue weighted by atomic mass is 28.4. The fourth-order valence-electron chi connectivity index (χ4n) is 5.71. The zero-order valence-electron chi connectivity index (χ0n) is 22.7. The SMILES string of the molecule is Nc1ccc([Si](O[Si](c2ccccc2)(c2ccccc2)c2ccccc2)(c2ccccc2)c2ccc(N)cc2)cc1. The van der Waals surface area contributed by atoms with Crippen LogP contribution in [0.1, 0.15) is 0 Å². The van der Waals surface area contributed by atoms with E-state index in [0.29, 0.717) is 0 Å². The average Bonchev–Trinajstić information content (AvgIpc) is 3.05. The van der Waals surface area contributed by atoms with Crippen molar-refractivity contribution < 1.29 is 4.12 Å². The van der Waals surface area contributed by atoms with Crippen LogP contribution in [-0.4, -0.2) is 16.6 Å². The second kappa shape index (κ2) is 11.4. The van der Waals surface area contributed by atoms with Crippen LogP contribution in [0.2, 0.25) is 0 Å². The molecule has 41 heavy (non-hydrogen) atoms. The second-order valence-corrected chi connectivity index (χ2v) is 17.2. The molecule has 0 aromatic heterocycles. The standard InChI is InChI=1S/C36H32N2OSi2/c37-29-21-25-35(26-22-29)41(34-19-11-4-12-20-34,36-27-23-30(38)24-28-36)39-40(31-13-5-1-6-14-31,32-15-7-2-8-16-32)33-17-9-3-10-18-33/h1-28H,37-38H2. The number of rotatable bonds is 8. The zero-order valence-corrected chi connectivity index (χ0v) is 24.7. The van der Waals surface area contributed by atoms with E-state index < -0.39 is 16.6 Å². The van der Waals surface area contributed by atoms with Gasteiger partial charge >= 0.3 is 0 Å². The van der Waals surface area contributed by atoms with E-state index in [1.165, 1.54) is 15.6 Å². The summed E-state index contributed by atoms with van der Waals surface area (Å²) in [5.41, 5.74) is 13.9. The highest BCUT2D eigenvalue weighted by molar-refractivity contribution is 7.18. The summed E-state index contributed by atoms with van der Waals surface area (Å²) >= 11 is 0. The summed E-state index contributed by atoms with van der Waals surface area (Å²) in [7, 11) is -6.34. The minimum Gasteiger partial charge on any atom is -0.435 e. The second-order valence-electron chi connectivity index (χ2n) is 10.2. The summed E-state index contributed by atoms with van der Waals surface area (Å²) in [5, 5.41) is 6.99. The molecule has 0 saturated carbocycles. The molecule has 0 saturated heterocycles. The van der Waals surface area contributed by atoms with Gasteiger partial charge in [-0.1, -0.05) is 146 Å². The smallest absolute Gasteiger partial charge is 0.278 e. The quantitative estimate of drug-likeness (QED) is 0.169. The summed E-state index contributed by atoms with van der Waals surface area (Å²) in [6, 6.07) is 59.4. The molecule has 5 heteroatoms. The van der Waals surface area contributed by atoms with E-state index >= 15 is 0 Å². The van der Waals surface area contributed by atoms with Gasteiger partial charge in [0, 0.05) is 11.4 Å². The number of benzene rings is 6. The molecule has 0 aliphatic rings. The molecule has 4 N–H and O–H groups in total. The first kappa shape index (κ1) is 26.5. The van der Waals surface area contributed by atoms with Gasteiger partial charge in [0.15, 0.2) is 0 Å². The highest BCUT2D eigenvalue weighted by Crippen LogP contribution is 2.20. The Balaban J connectivity index is 1.76. The Bertz CT molecular complexity index is 1550. The predicted octanol–water partition coefficient (Wildman–Crippen LogP) is 3.50. The fourth-order valence-corrected chi connectivity index (χ4v) is 16.3. The monoisotopic (exact) mass is 564 g/mol. The zero-order chi connectivity index (χ0) is 28.1. The molecule has 0 spiro atoms. The molecule has 0 bridgehead atoms. The molecule has 0 unspecified atom stereocenters. The van der Waals surface area contributed by atoms with Gasteiger partial charge in [-0.15, -0.1) is 0 Å². The van der Waals surface area contributed by atoms with Crippen LogP contribution in [0.15, 0.2) is 170 Å². The lowest BCUT2D eigenvalue weighted by molar-refractivity contribution is 0.600. The van der Waals surface area contributed by atoms with E-state index in [4.69, 9.17) is 15.6 Å². The van der Waals surface area contributed by atoms with Crippen LogP contribution in [0.25, 0.3) is 0 Å². The van der Waals surface area contributed by atoms with Gasteiger partial charge in [-0.2, -0.15) is 0 Å². The van der Waals surface area contributed by atoms with Gasteiger partial charge in [-0.05, 0) is 55.4 Å². The molecule has 0 heterocycles. The van der Waals surface area contributed by atoms with Crippen molar-refractivity contribution in [1.29, 1.82) is 0 Å². The van der Waals surface area contributed by atoms with Crippen molar-refractivity contribution in [2.24, 2.45) is 0 Å². The van der Waals surface area contributed by atoms with Gasteiger partial charge in [0.1, 0.15) is 0 Å². The highest BCUT2D eigenvalue weighted by Gasteiger charge is 2.52. The van der Waals surface area contributed by atoms with Crippen molar-refractivity contribution >= 4 is 59.1 Å². The van der Waals surface area contributed by atoms with Gasteiger partial charge in [0.2, 0.25) is 0 Å². The van der Waals surface area contributed by atoms with Gasteiger partial charge in [0.25, 0.3) is 16.6 Å². The lowest BCUT2D eigenvalue weighted by Crippen LogP contribution is -2.81. The van der Waals surface area contributed by atoms with Gasteiger partial charge in [0.05, 0.1) is 0 Å². The summed E-state index contributed by atoms with van der Waals surface area (Å²) in [6.07, 6.45) is 0. The molecule has 0 radical (unpaired) electrons. The first-order chi connectivity index (χ1) is 20.1. The number of hydrogen-bond donors (Lipinski definition) is 2. The molecule has 0 amide bonds. The first-order valence-electron chi connectivity index (χ1n) is 13.8. The normalized spacial score (nSPS) is 11.7. The Hall–Kier alpha value is -4.69. The van der Waals surface area contributed by atoms with Crippen LogP contribution < -0.4 is 42.6 Å². The van der Waals surface area contributed by atoms with Crippen molar-refractivity contribution in [3.8, 4) is 0 Å². The molecular formula is C36H32N2OSi2. The third kappa shape index (κ3) is 4.91. The first-order valence-corrected chi connectivity index (χ1v) is 17.6. The molecule has 6 aromatic rings. The topological polar surface area (TPSA) is 61.3 Å². The van der Waals surface area contributed by atoms with Crippen molar-refractivity contribution in [3.63, 3.8) is 0 Å². The lowest BCUT2D eigenvalue weighted by atomic mass is 10.3. The molecule has 0 aliphatic heterocycles. The van der Waals surface area contributed by atoms with Gasteiger partial charge < -0.3 is 15.6 Å². The number of hydrogen-bond acceptors (Lipinski definition) is 3. The van der Waals surface area contributed by atoms with E-state index in [-0.39, 0.29) is 0 Å². The lowest BCUT2D eigenvalue weighted by Gasteiger charge is -2.44. The maximum atomic E-state index is 8.22. The molecule has 200 valence electrons. The molecule has 0 atom stereocenters. The summed E-state index contributed by atoms with van der Waals surface area (Å²) in [6.45, 7) is 0. The van der Waals surface area contributed by atoms with E-state index in [1.807, 2.05) is 24.3 Å². The van der Waals surface area contributed by atoms with Crippen LogP contribution >= 0.6 is 0 Å². The number of anilines is 2. The minimum atomic E-state index is -3.20. The Morgan fingerprint density at radius 1 is 0.293 bits per heavy atom. The van der Waals surface area contributed by atoms with Crippen LogP contribution in [0, 0.1) is 0 Å². The molecule has 6 rings (SSSR count). The Morgan fingerprint density at radius 2 is 0.512 bits per heavy atom. The van der Waals surface area contributed by atoms with Crippen LogP contribution in [0.4, 0.5) is 11.4 Å². The largest absolute Gasteiger partial charge is 0.435 e. The average molecular weight is 565 g/mol. The van der Waals surface area contributed by atoms with E-state index in [9.17, 15) is 0 Å². The Morgan fingerprint density at radius 3 is 0.756 bits per heavy atom. The third-order valence-electron chi connectivity index (χ3n) is 7.66. The Kier molecular flexibility index (Phi) is 7.40. The van der Waals surface area contributed by atoms with Crippen LogP contribution in [-0.2, 0) is 4.12 Å². The number of nitrogen functional groups attached to an aromatic ring is 2. The van der Waals surface area contributed by atoms with E-state index in [1.54, 1.807) is 0 Å². The third-order valence-corrected chi connectivity index (χ3v) is 17.0. The molecule has 3 nitrogen and oxygen atoms in total. The maximum absolute atomic E-state index is 8.22. The van der Waals surface area contributed by atoms with Crippen molar-refractivity contribution in [2.75, 3.05) is 11.5 Å². The van der Waals surface area contributed by atoms with Gasteiger partial charge in [-0.3, -0.25) is 0 Å². The molecular weight excluding hydrogens is 533 g/mol. The molecule has 6 aromatic carbocycles. The van der Waals surface area contributed by atoms with Crippen LogP contribution in [0.3, 0.4) is 0 Å².